The van der Waals surface area contributed by atoms with E-state index in [1.54, 1.807) is 18.2 Å². The summed E-state index contributed by atoms with van der Waals surface area (Å²) in [5.41, 5.74) is 0.287. The van der Waals surface area contributed by atoms with Gasteiger partial charge in [-0.3, -0.25) is 4.72 Å². The molecule has 0 spiro atoms. The van der Waals surface area contributed by atoms with Gasteiger partial charge in [0.15, 0.2) is 5.75 Å². The smallest absolute Gasteiger partial charge is 0.229 e. The second kappa shape index (κ2) is 5.72. The van der Waals surface area contributed by atoms with Crippen LogP contribution in [0.25, 0.3) is 0 Å². The molecule has 0 aromatic heterocycles. The number of rotatable bonds is 4. The van der Waals surface area contributed by atoms with Crippen molar-refractivity contribution in [3.63, 3.8) is 0 Å². The molecule has 0 bridgehead atoms. The lowest BCUT2D eigenvalue weighted by atomic mass is 10.3. The Labute approximate surface area is 122 Å². The maximum Gasteiger partial charge on any atom is 0.229 e. The lowest BCUT2D eigenvalue weighted by Crippen LogP contribution is -2.10. The normalized spacial score (nSPS) is 11.2. The van der Waals surface area contributed by atoms with Crippen LogP contribution in [0.4, 0.5) is 10.1 Å². The first-order valence-corrected chi connectivity index (χ1v) is 7.91. The van der Waals surface area contributed by atoms with Crippen LogP contribution in [0, 0.1) is 5.82 Å². The molecule has 20 heavy (non-hydrogen) atoms. The lowest BCUT2D eigenvalue weighted by molar-refractivity contribution is 0.481. The third kappa shape index (κ3) is 4.14. The Morgan fingerprint density at radius 1 is 1.15 bits per heavy atom. The van der Waals surface area contributed by atoms with Crippen LogP contribution in [0.15, 0.2) is 47.4 Å². The minimum absolute atomic E-state index is 0.287. The second-order valence-corrected chi connectivity index (χ2v) is 6.38. The lowest BCUT2D eigenvalue weighted by Gasteiger charge is -2.12. The molecule has 2 aromatic rings. The summed E-state index contributed by atoms with van der Waals surface area (Å²) in [7, 11) is -3.43. The molecule has 0 unspecified atom stereocenters. The van der Waals surface area contributed by atoms with Crippen LogP contribution < -0.4 is 9.46 Å². The molecule has 0 saturated carbocycles. The van der Waals surface area contributed by atoms with E-state index in [2.05, 4.69) is 17.4 Å². The molecule has 2 aromatic carbocycles. The number of hydrogen-bond acceptors (Lipinski definition) is 4. The predicted octanol–water partition coefficient (Wildman–Crippen LogP) is 3.28. The minimum atomic E-state index is -3.43. The molecule has 106 valence electrons. The van der Waals surface area contributed by atoms with Gasteiger partial charge in [-0.15, -0.1) is 12.6 Å². The maximum absolute atomic E-state index is 12.8. The summed E-state index contributed by atoms with van der Waals surface area (Å²) in [4.78, 5) is 0.612. The minimum Gasteiger partial charge on any atom is -0.455 e. The zero-order valence-electron chi connectivity index (χ0n) is 10.5. The van der Waals surface area contributed by atoms with E-state index in [1.165, 1.54) is 24.3 Å². The molecule has 0 atom stereocenters. The Morgan fingerprint density at radius 2 is 1.80 bits per heavy atom. The van der Waals surface area contributed by atoms with Gasteiger partial charge in [0.05, 0.1) is 11.9 Å². The van der Waals surface area contributed by atoms with Gasteiger partial charge in [-0.2, -0.15) is 0 Å². The number of hydrogen-bond donors (Lipinski definition) is 2. The summed E-state index contributed by atoms with van der Waals surface area (Å²) >= 11 is 4.18. The van der Waals surface area contributed by atoms with Crippen LogP contribution in [-0.2, 0) is 10.0 Å². The van der Waals surface area contributed by atoms with Crippen molar-refractivity contribution in [2.45, 2.75) is 4.90 Å². The molecule has 1 N–H and O–H groups in total. The van der Waals surface area contributed by atoms with Crippen molar-refractivity contribution in [2.24, 2.45) is 0 Å². The molecule has 0 aliphatic rings. The largest absolute Gasteiger partial charge is 0.455 e. The first-order valence-electron chi connectivity index (χ1n) is 5.58. The summed E-state index contributed by atoms with van der Waals surface area (Å²) in [6.07, 6.45) is 1.04. The van der Waals surface area contributed by atoms with Crippen molar-refractivity contribution in [3.05, 3.63) is 48.3 Å². The molecule has 0 amide bonds. The molecule has 0 radical (unpaired) electrons. The van der Waals surface area contributed by atoms with Crippen LogP contribution in [0.2, 0.25) is 0 Å². The van der Waals surface area contributed by atoms with Crippen molar-refractivity contribution in [2.75, 3.05) is 11.0 Å². The van der Waals surface area contributed by atoms with Gasteiger partial charge >= 0.3 is 0 Å². The number of benzene rings is 2. The highest BCUT2D eigenvalue weighted by atomic mass is 32.2. The van der Waals surface area contributed by atoms with Gasteiger partial charge in [-0.1, -0.05) is 0 Å². The number of sulfonamides is 1. The highest BCUT2D eigenvalue weighted by Crippen LogP contribution is 2.32. The number of halogens is 1. The van der Waals surface area contributed by atoms with E-state index in [-0.39, 0.29) is 17.3 Å². The standard InChI is InChI=1S/C13H12FNO3S2/c1-20(16,17)15-12-7-6-11(19)8-13(12)18-10-4-2-9(14)3-5-10/h2-8,15,19H,1H3. The molecule has 7 heteroatoms. The van der Waals surface area contributed by atoms with Crippen molar-refractivity contribution >= 4 is 28.3 Å². The zero-order chi connectivity index (χ0) is 14.8. The summed E-state index contributed by atoms with van der Waals surface area (Å²) in [5.74, 6) is 0.297. The molecule has 0 heterocycles. The maximum atomic E-state index is 12.8. The van der Waals surface area contributed by atoms with Gasteiger partial charge in [0, 0.05) is 4.90 Å². The molecule has 0 saturated heterocycles. The van der Waals surface area contributed by atoms with E-state index >= 15 is 0 Å². The highest BCUT2D eigenvalue weighted by Gasteiger charge is 2.10. The van der Waals surface area contributed by atoms with Crippen LogP contribution in [0.1, 0.15) is 0 Å². The summed E-state index contributed by atoms with van der Waals surface area (Å²) in [6.45, 7) is 0. The van der Waals surface area contributed by atoms with E-state index in [0.29, 0.717) is 10.6 Å². The highest BCUT2D eigenvalue weighted by molar-refractivity contribution is 7.92. The SMILES string of the molecule is CS(=O)(=O)Nc1ccc(S)cc1Oc1ccc(F)cc1. The summed E-state index contributed by atoms with van der Waals surface area (Å²) in [5, 5.41) is 0. The number of anilines is 1. The fourth-order valence-corrected chi connectivity index (χ4v) is 2.27. The van der Waals surface area contributed by atoms with Crippen molar-refractivity contribution in [1.82, 2.24) is 0 Å². The first kappa shape index (κ1) is 14.7. The third-order valence-corrected chi connectivity index (χ3v) is 3.17. The van der Waals surface area contributed by atoms with E-state index in [1.807, 2.05) is 0 Å². The average molecular weight is 313 g/mol. The van der Waals surface area contributed by atoms with Gasteiger partial charge in [0.25, 0.3) is 0 Å². The number of ether oxygens (including phenoxy) is 1. The summed E-state index contributed by atoms with van der Waals surface area (Å²) < 4.78 is 43.3. The molecule has 0 fully saturated rings. The van der Waals surface area contributed by atoms with Crippen LogP contribution in [0.3, 0.4) is 0 Å². The monoisotopic (exact) mass is 313 g/mol. The van der Waals surface area contributed by atoms with Crippen molar-refractivity contribution < 1.29 is 17.5 Å². The Balaban J connectivity index is 2.34. The van der Waals surface area contributed by atoms with Crippen molar-refractivity contribution in [3.8, 4) is 11.5 Å². The zero-order valence-corrected chi connectivity index (χ0v) is 12.2. The van der Waals surface area contributed by atoms with E-state index in [0.717, 1.165) is 6.26 Å². The fourth-order valence-electron chi connectivity index (χ4n) is 1.51. The molecule has 0 aliphatic carbocycles. The predicted molar refractivity (Wildman–Crippen MR) is 78.6 cm³/mol. The molecular weight excluding hydrogens is 301 g/mol. The Morgan fingerprint density at radius 3 is 2.40 bits per heavy atom. The molecule has 0 aliphatic heterocycles. The molecule has 2 rings (SSSR count). The van der Waals surface area contributed by atoms with E-state index in [9.17, 15) is 12.8 Å². The Hall–Kier alpha value is -1.73. The topological polar surface area (TPSA) is 55.4 Å². The molecule has 4 nitrogen and oxygen atoms in total. The third-order valence-electron chi connectivity index (χ3n) is 2.30. The van der Waals surface area contributed by atoms with Crippen LogP contribution >= 0.6 is 12.6 Å². The first-order chi connectivity index (χ1) is 9.33. The fraction of sp³-hybridized carbons (Fsp3) is 0.0769. The second-order valence-electron chi connectivity index (χ2n) is 4.11. The van der Waals surface area contributed by atoms with Gasteiger partial charge < -0.3 is 4.74 Å². The van der Waals surface area contributed by atoms with Gasteiger partial charge in [-0.25, -0.2) is 12.8 Å². The van der Waals surface area contributed by atoms with E-state index < -0.39 is 10.0 Å². The Bertz CT molecular complexity index is 715. The van der Waals surface area contributed by atoms with Crippen LogP contribution in [-0.4, -0.2) is 14.7 Å². The number of thiol groups is 1. The van der Waals surface area contributed by atoms with Crippen molar-refractivity contribution in [1.29, 1.82) is 0 Å². The Kier molecular flexibility index (Phi) is 4.20. The van der Waals surface area contributed by atoms with Gasteiger partial charge in [0.2, 0.25) is 10.0 Å². The average Bonchev–Trinajstić information content (AvgIpc) is 2.34. The molecular formula is C13H12FNO3S2. The van der Waals surface area contributed by atoms with E-state index in [4.69, 9.17) is 4.74 Å². The van der Waals surface area contributed by atoms with Gasteiger partial charge in [0.1, 0.15) is 11.6 Å². The number of nitrogens with one attached hydrogen (secondary N) is 1. The quantitative estimate of drug-likeness (QED) is 0.852. The van der Waals surface area contributed by atoms with Crippen LogP contribution in [0.5, 0.6) is 11.5 Å². The van der Waals surface area contributed by atoms with Gasteiger partial charge in [-0.05, 0) is 42.5 Å². The summed E-state index contributed by atoms with van der Waals surface area (Å²) in [6, 6.07) is 10.2.